The van der Waals surface area contributed by atoms with E-state index >= 15 is 0 Å². The summed E-state index contributed by atoms with van der Waals surface area (Å²) in [5, 5.41) is 2.54. The highest BCUT2D eigenvalue weighted by atomic mass is 127. The van der Waals surface area contributed by atoms with E-state index in [-0.39, 0.29) is 48.5 Å². The van der Waals surface area contributed by atoms with Gasteiger partial charge in [-0.15, -0.1) is 0 Å². The van der Waals surface area contributed by atoms with Crippen LogP contribution in [-0.2, 0) is 11.8 Å². The Kier molecular flexibility index (Phi) is 9.37. The number of rotatable bonds is 6. The van der Waals surface area contributed by atoms with Crippen molar-refractivity contribution in [2.24, 2.45) is 7.05 Å². The number of benzene rings is 1. The minimum absolute atomic E-state index is 0. The predicted molar refractivity (Wildman–Crippen MR) is 102 cm³/mol. The van der Waals surface area contributed by atoms with Gasteiger partial charge in [-0.25, -0.2) is 9.36 Å². The first-order valence-electron chi connectivity index (χ1n) is 9.00. The molecule has 2 aromatic rings. The quantitative estimate of drug-likeness (QED) is 0.209. The molecule has 0 radical (unpaired) electrons. The number of aromatic nitrogens is 1. The van der Waals surface area contributed by atoms with Gasteiger partial charge in [-0.3, -0.25) is 4.79 Å². The zero-order valence-electron chi connectivity index (χ0n) is 16.9. The third-order valence-electron chi connectivity index (χ3n) is 4.13. The van der Waals surface area contributed by atoms with Gasteiger partial charge < -0.3 is 38.8 Å². The molecule has 2 rings (SSSR count). The molecule has 0 unspecified atom stereocenters. The number of amides is 1. The van der Waals surface area contributed by atoms with Crippen LogP contribution in [0.15, 0.2) is 42.7 Å². The van der Waals surface area contributed by atoms with Gasteiger partial charge >= 0.3 is 6.16 Å². The van der Waals surface area contributed by atoms with Crippen molar-refractivity contribution >= 4 is 12.1 Å². The molecule has 1 aromatic heterocycles. The molecule has 0 aliphatic heterocycles. The number of nitrogens with zero attached hydrogens (tertiary/aromatic N) is 1. The summed E-state index contributed by atoms with van der Waals surface area (Å²) in [6.45, 7) is 7.89. The monoisotopic (exact) mass is 498 g/mol. The van der Waals surface area contributed by atoms with Crippen molar-refractivity contribution in [3.8, 4) is 5.75 Å². The summed E-state index contributed by atoms with van der Waals surface area (Å²) in [6, 6.07) is 9.29. The third kappa shape index (κ3) is 6.47. The van der Waals surface area contributed by atoms with Crippen molar-refractivity contribution in [2.45, 2.75) is 39.5 Å². The molecule has 0 saturated heterocycles. The van der Waals surface area contributed by atoms with Crippen molar-refractivity contribution in [1.82, 2.24) is 5.32 Å². The molecule has 0 fully saturated rings. The maximum absolute atomic E-state index is 12.1. The van der Waals surface area contributed by atoms with Crippen molar-refractivity contribution < 1.29 is 47.6 Å². The smallest absolute Gasteiger partial charge is 0.515 e. The highest BCUT2D eigenvalue weighted by molar-refractivity contribution is 5.93. The Morgan fingerprint density at radius 2 is 1.64 bits per heavy atom. The fourth-order valence-corrected chi connectivity index (χ4v) is 2.70. The number of hydrogen-bond donors (Lipinski definition) is 1. The van der Waals surface area contributed by atoms with Crippen LogP contribution in [0.3, 0.4) is 0 Å². The Labute approximate surface area is 183 Å². The van der Waals surface area contributed by atoms with Crippen LogP contribution in [0.1, 0.15) is 61.0 Å². The maximum atomic E-state index is 12.1. The van der Waals surface area contributed by atoms with E-state index in [1.54, 1.807) is 22.9 Å². The number of aryl methyl sites for hydroxylation is 1. The van der Waals surface area contributed by atoms with Crippen molar-refractivity contribution in [3.63, 3.8) is 0 Å². The van der Waals surface area contributed by atoms with Gasteiger partial charge in [0.2, 0.25) is 0 Å². The number of para-hydroxylation sites is 1. The van der Waals surface area contributed by atoms with Crippen LogP contribution in [0.2, 0.25) is 0 Å². The third-order valence-corrected chi connectivity index (χ3v) is 4.13. The number of pyridine rings is 1. The molecule has 0 atom stereocenters. The summed E-state index contributed by atoms with van der Waals surface area (Å²) in [7, 11) is 1.82. The van der Waals surface area contributed by atoms with Gasteiger partial charge in [0, 0.05) is 6.07 Å². The second kappa shape index (κ2) is 11.0. The largest absolute Gasteiger partial charge is 1.00 e. The molecule has 0 spiro atoms. The van der Waals surface area contributed by atoms with E-state index in [1.165, 1.54) is 0 Å². The number of carbonyl (C=O) groups excluding carboxylic acids is 2. The SMILES string of the molecule is CC(C)c1cccc(C(C)C)c1OC(=O)OCNC(=O)c1ccc[n+](C)c1.[I-]. The predicted octanol–water partition coefficient (Wildman–Crippen LogP) is 0.665. The Bertz CT molecular complexity index is 796. The number of ether oxygens (including phenoxy) is 2. The number of carbonyl (C=O) groups is 2. The lowest BCUT2D eigenvalue weighted by atomic mass is 9.94. The van der Waals surface area contributed by atoms with E-state index in [0.717, 1.165) is 11.1 Å². The fourth-order valence-electron chi connectivity index (χ4n) is 2.70. The van der Waals surface area contributed by atoms with Crippen LogP contribution in [-0.4, -0.2) is 18.8 Å². The lowest BCUT2D eigenvalue weighted by Crippen LogP contribution is -3.00. The minimum atomic E-state index is -0.844. The summed E-state index contributed by atoms with van der Waals surface area (Å²) >= 11 is 0. The average molecular weight is 498 g/mol. The number of nitrogens with one attached hydrogen (secondary N) is 1. The second-order valence-electron chi connectivity index (χ2n) is 6.98. The van der Waals surface area contributed by atoms with E-state index in [1.807, 2.05) is 59.1 Å². The first-order valence-corrected chi connectivity index (χ1v) is 9.00. The topological polar surface area (TPSA) is 68.5 Å². The van der Waals surface area contributed by atoms with Gasteiger partial charge in [0.1, 0.15) is 18.4 Å². The minimum Gasteiger partial charge on any atom is -1.00 e. The maximum Gasteiger partial charge on any atom is 0.515 e. The lowest BCUT2D eigenvalue weighted by molar-refractivity contribution is -0.671. The average Bonchev–Trinajstić information content (AvgIpc) is 2.61. The van der Waals surface area contributed by atoms with Crippen molar-refractivity contribution in [2.75, 3.05) is 6.73 Å². The molecule has 6 nitrogen and oxygen atoms in total. The highest BCUT2D eigenvalue weighted by Crippen LogP contribution is 2.34. The van der Waals surface area contributed by atoms with E-state index < -0.39 is 6.16 Å². The first-order chi connectivity index (χ1) is 12.8. The van der Waals surface area contributed by atoms with E-state index in [9.17, 15) is 9.59 Å². The van der Waals surface area contributed by atoms with E-state index in [4.69, 9.17) is 9.47 Å². The van der Waals surface area contributed by atoms with E-state index in [0.29, 0.717) is 11.3 Å². The molecule has 0 aliphatic rings. The molecule has 0 saturated carbocycles. The second-order valence-corrected chi connectivity index (χ2v) is 6.98. The zero-order valence-corrected chi connectivity index (χ0v) is 19.0. The summed E-state index contributed by atoms with van der Waals surface area (Å²) in [4.78, 5) is 24.2. The summed E-state index contributed by atoms with van der Waals surface area (Å²) < 4.78 is 12.3. The molecule has 0 aliphatic carbocycles. The van der Waals surface area contributed by atoms with Gasteiger partial charge in [-0.1, -0.05) is 45.9 Å². The van der Waals surface area contributed by atoms with Gasteiger partial charge in [-0.05, 0) is 29.0 Å². The fraction of sp³-hybridized carbons (Fsp3) is 0.381. The van der Waals surface area contributed by atoms with Crippen LogP contribution >= 0.6 is 0 Å². The van der Waals surface area contributed by atoms with E-state index in [2.05, 4.69) is 5.32 Å². The molecule has 1 amide bonds. The normalized spacial score (nSPS) is 10.4. The lowest BCUT2D eigenvalue weighted by Gasteiger charge is -2.18. The molecule has 1 heterocycles. The van der Waals surface area contributed by atoms with Crippen LogP contribution in [0.25, 0.3) is 0 Å². The standard InChI is InChI=1S/C21H26N2O4.HI/c1-14(2)17-9-6-10-18(15(3)4)19(17)27-21(25)26-13-22-20(24)16-8-7-11-23(5)12-16;/h6-12,14-15H,13H2,1-5H3;1H. The van der Waals surface area contributed by atoms with Gasteiger partial charge in [0.05, 0.1) is 0 Å². The molecule has 1 aromatic carbocycles. The molecule has 7 heteroatoms. The molecule has 28 heavy (non-hydrogen) atoms. The molecular weight excluding hydrogens is 471 g/mol. The van der Waals surface area contributed by atoms with Gasteiger partial charge in [-0.2, -0.15) is 0 Å². The highest BCUT2D eigenvalue weighted by Gasteiger charge is 2.19. The van der Waals surface area contributed by atoms with Crippen LogP contribution in [0.4, 0.5) is 4.79 Å². The summed E-state index contributed by atoms with van der Waals surface area (Å²) in [5.41, 5.74) is 2.36. The Balaban J connectivity index is 0.00000392. The zero-order chi connectivity index (χ0) is 20.0. The Morgan fingerprint density at radius 1 is 1.04 bits per heavy atom. The molecule has 0 bridgehead atoms. The molecule has 152 valence electrons. The Hall–Kier alpha value is -2.16. The number of halogens is 1. The van der Waals surface area contributed by atoms with Gasteiger partial charge in [0.15, 0.2) is 19.1 Å². The van der Waals surface area contributed by atoms with Crippen molar-refractivity contribution in [1.29, 1.82) is 0 Å². The Morgan fingerprint density at radius 3 is 2.18 bits per heavy atom. The first kappa shape index (κ1) is 23.9. The van der Waals surface area contributed by atoms with Crippen LogP contribution < -0.4 is 38.6 Å². The van der Waals surface area contributed by atoms with Crippen molar-refractivity contribution in [3.05, 3.63) is 59.4 Å². The molecule has 1 N–H and O–H groups in total. The summed E-state index contributed by atoms with van der Waals surface area (Å²) in [5.74, 6) is 0.605. The van der Waals surface area contributed by atoms with Gasteiger partial charge in [0.25, 0.3) is 5.91 Å². The van der Waals surface area contributed by atoms with Crippen LogP contribution in [0.5, 0.6) is 5.75 Å². The molecular formula is C21H27IN2O4. The number of hydrogen-bond acceptors (Lipinski definition) is 4. The summed E-state index contributed by atoms with van der Waals surface area (Å²) in [6.07, 6.45) is 2.66. The van der Waals surface area contributed by atoms with Crippen LogP contribution in [0, 0.1) is 0 Å².